The lowest BCUT2D eigenvalue weighted by Crippen LogP contribution is -2.48. The highest BCUT2D eigenvalue weighted by Crippen LogP contribution is 2.38. The average Bonchev–Trinajstić information content (AvgIpc) is 3.21. The number of anilines is 1. The molecule has 0 bridgehead atoms. The van der Waals surface area contributed by atoms with Crippen molar-refractivity contribution < 1.29 is 14.3 Å². The Balaban J connectivity index is 1.90. The standard InChI is InChI=1S/C21H26BrN5O3S/c1-21(2,3)30-20(28)27(19-24-10-11-31-19)16-12-17(8-9-25-26-23)29-18(13-16)14-4-6-15(22)7-5-14/h4-7,10-11,16-18H,8-9,12-13H2,1-3H3/t16-,17+,18-/m0/s1. The summed E-state index contributed by atoms with van der Waals surface area (Å²) < 4.78 is 13.0. The summed E-state index contributed by atoms with van der Waals surface area (Å²) in [6.07, 6.45) is 2.69. The predicted molar refractivity (Wildman–Crippen MR) is 124 cm³/mol. The lowest BCUT2D eigenvalue weighted by molar-refractivity contribution is -0.0618. The van der Waals surface area contributed by atoms with Crippen LogP contribution in [0.15, 0.2) is 45.4 Å². The number of thiazole rings is 1. The SMILES string of the molecule is CC(C)(C)OC(=O)N(c1nccs1)[C@H]1C[C@@H](CCN=[N+]=[N-])O[C@H](c2ccc(Br)cc2)C1. The third-order valence-electron chi connectivity index (χ3n) is 4.81. The molecule has 0 N–H and O–H groups in total. The summed E-state index contributed by atoms with van der Waals surface area (Å²) in [4.78, 5) is 22.1. The van der Waals surface area contributed by atoms with Crippen molar-refractivity contribution in [3.05, 3.63) is 56.3 Å². The van der Waals surface area contributed by atoms with Gasteiger partial charge in [0.1, 0.15) is 5.60 Å². The maximum Gasteiger partial charge on any atom is 0.416 e. The zero-order valence-electron chi connectivity index (χ0n) is 17.8. The van der Waals surface area contributed by atoms with Crippen molar-refractivity contribution in [2.24, 2.45) is 5.11 Å². The van der Waals surface area contributed by atoms with Gasteiger partial charge in [-0.2, -0.15) is 0 Å². The van der Waals surface area contributed by atoms with Crippen LogP contribution in [0.3, 0.4) is 0 Å². The average molecular weight is 508 g/mol. The Hall–Kier alpha value is -2.13. The number of nitrogens with zero attached hydrogens (tertiary/aromatic N) is 5. The van der Waals surface area contributed by atoms with Gasteiger partial charge in [-0.3, -0.25) is 0 Å². The molecule has 8 nitrogen and oxygen atoms in total. The molecular formula is C21H26BrN5O3S. The number of aromatic nitrogens is 1. The van der Waals surface area contributed by atoms with Gasteiger partial charge in [-0.25, -0.2) is 14.7 Å². The Bertz CT molecular complexity index is 910. The number of hydrogen-bond acceptors (Lipinski definition) is 6. The predicted octanol–water partition coefficient (Wildman–Crippen LogP) is 6.64. The van der Waals surface area contributed by atoms with Crippen molar-refractivity contribution in [2.45, 2.75) is 63.9 Å². The second-order valence-corrected chi connectivity index (χ2v) is 10.1. The van der Waals surface area contributed by atoms with E-state index >= 15 is 0 Å². The van der Waals surface area contributed by atoms with Crippen molar-refractivity contribution in [1.82, 2.24) is 4.98 Å². The first kappa shape index (κ1) is 23.5. The Kier molecular flexibility index (Phi) is 7.94. The number of ether oxygens (including phenoxy) is 2. The molecule has 3 atom stereocenters. The van der Waals surface area contributed by atoms with Gasteiger partial charge in [0.15, 0.2) is 5.13 Å². The minimum Gasteiger partial charge on any atom is -0.443 e. The monoisotopic (exact) mass is 507 g/mol. The summed E-state index contributed by atoms with van der Waals surface area (Å²) in [7, 11) is 0. The third kappa shape index (κ3) is 6.67. The van der Waals surface area contributed by atoms with Crippen molar-refractivity contribution in [3.63, 3.8) is 0 Å². The molecule has 1 aromatic heterocycles. The molecular weight excluding hydrogens is 482 g/mol. The minimum absolute atomic E-state index is 0.164. The van der Waals surface area contributed by atoms with E-state index in [-0.39, 0.29) is 18.2 Å². The van der Waals surface area contributed by atoms with E-state index in [2.05, 4.69) is 30.9 Å². The maximum atomic E-state index is 13.2. The molecule has 1 aliphatic heterocycles. The Morgan fingerprint density at radius 1 is 1.39 bits per heavy atom. The quantitative estimate of drug-likeness (QED) is 0.248. The van der Waals surface area contributed by atoms with E-state index in [0.717, 1.165) is 10.0 Å². The highest BCUT2D eigenvalue weighted by Gasteiger charge is 2.38. The number of carbonyl (C=O) groups is 1. The zero-order chi connectivity index (χ0) is 22.4. The van der Waals surface area contributed by atoms with Crippen molar-refractivity contribution in [1.29, 1.82) is 0 Å². The summed E-state index contributed by atoms with van der Waals surface area (Å²) in [6.45, 7) is 5.89. The second-order valence-electron chi connectivity index (χ2n) is 8.33. The number of azide groups is 1. The molecule has 3 rings (SSSR count). The smallest absolute Gasteiger partial charge is 0.416 e. The van der Waals surface area contributed by atoms with Gasteiger partial charge in [-0.05, 0) is 63.3 Å². The fourth-order valence-corrected chi connectivity index (χ4v) is 4.52. The highest BCUT2D eigenvalue weighted by atomic mass is 79.9. The van der Waals surface area contributed by atoms with Gasteiger partial charge in [0.2, 0.25) is 0 Å². The largest absolute Gasteiger partial charge is 0.443 e. The van der Waals surface area contributed by atoms with E-state index in [1.165, 1.54) is 11.3 Å². The van der Waals surface area contributed by atoms with Gasteiger partial charge in [0, 0.05) is 33.5 Å². The molecule has 1 fully saturated rings. The van der Waals surface area contributed by atoms with Gasteiger partial charge in [0.05, 0.1) is 12.2 Å². The van der Waals surface area contributed by atoms with Crippen LogP contribution in [0, 0.1) is 0 Å². The van der Waals surface area contributed by atoms with Crippen molar-refractivity contribution in [2.75, 3.05) is 11.4 Å². The molecule has 0 aliphatic carbocycles. The van der Waals surface area contributed by atoms with Crippen LogP contribution < -0.4 is 4.90 Å². The number of amides is 1. The molecule has 0 saturated carbocycles. The van der Waals surface area contributed by atoms with Gasteiger partial charge in [-0.15, -0.1) is 11.3 Å². The van der Waals surface area contributed by atoms with Crippen molar-refractivity contribution >= 4 is 38.5 Å². The molecule has 0 radical (unpaired) electrons. The van der Waals surface area contributed by atoms with Gasteiger partial charge < -0.3 is 9.47 Å². The molecule has 1 aromatic carbocycles. The first-order valence-electron chi connectivity index (χ1n) is 10.1. The lowest BCUT2D eigenvalue weighted by atomic mass is 9.92. The van der Waals surface area contributed by atoms with E-state index in [4.69, 9.17) is 15.0 Å². The summed E-state index contributed by atoms with van der Waals surface area (Å²) in [5, 5.41) is 6.10. The Labute approximate surface area is 194 Å². The van der Waals surface area contributed by atoms with E-state index in [9.17, 15) is 4.79 Å². The topological polar surface area (TPSA) is 100 Å². The number of rotatable bonds is 6. The third-order valence-corrected chi connectivity index (χ3v) is 6.11. The van der Waals surface area contributed by atoms with E-state index in [1.807, 2.05) is 50.4 Å². The summed E-state index contributed by atoms with van der Waals surface area (Å²) in [5.74, 6) is 0. The van der Waals surface area contributed by atoms with Crippen molar-refractivity contribution in [3.8, 4) is 0 Å². The highest BCUT2D eigenvalue weighted by molar-refractivity contribution is 9.10. The summed E-state index contributed by atoms with van der Waals surface area (Å²) in [6, 6.07) is 7.82. The molecule has 31 heavy (non-hydrogen) atoms. The molecule has 1 saturated heterocycles. The summed E-state index contributed by atoms with van der Waals surface area (Å²) >= 11 is 4.87. The number of halogens is 1. The fourth-order valence-electron chi connectivity index (χ4n) is 3.55. The molecule has 1 amide bonds. The fraction of sp³-hybridized carbons (Fsp3) is 0.524. The van der Waals surface area contributed by atoms with Crippen LogP contribution in [0.1, 0.15) is 51.7 Å². The van der Waals surface area contributed by atoms with Crippen LogP contribution in [-0.2, 0) is 9.47 Å². The van der Waals surface area contributed by atoms with Crippen LogP contribution in [-0.4, -0.2) is 35.4 Å². The first-order valence-corrected chi connectivity index (χ1v) is 11.8. The van der Waals surface area contributed by atoms with E-state index < -0.39 is 11.7 Å². The molecule has 1 aliphatic rings. The second kappa shape index (κ2) is 10.5. The van der Waals surface area contributed by atoms with Gasteiger partial charge in [0.25, 0.3) is 0 Å². The number of carbonyl (C=O) groups excluding carboxylic acids is 1. The van der Waals surface area contributed by atoms with Crippen LogP contribution in [0.2, 0.25) is 0 Å². The summed E-state index contributed by atoms with van der Waals surface area (Å²) in [5.41, 5.74) is 9.05. The van der Waals surface area contributed by atoms with E-state index in [0.29, 0.717) is 30.9 Å². The Morgan fingerprint density at radius 2 is 2.13 bits per heavy atom. The van der Waals surface area contributed by atoms with Crippen LogP contribution >= 0.6 is 27.3 Å². The first-order chi connectivity index (χ1) is 14.8. The Morgan fingerprint density at radius 3 is 2.74 bits per heavy atom. The lowest BCUT2D eigenvalue weighted by Gasteiger charge is -2.40. The van der Waals surface area contributed by atoms with Crippen LogP contribution in [0.5, 0.6) is 0 Å². The molecule has 2 aromatic rings. The maximum absolute atomic E-state index is 13.2. The molecule has 166 valence electrons. The molecule has 10 heteroatoms. The molecule has 0 spiro atoms. The molecule has 2 heterocycles. The van der Waals surface area contributed by atoms with Gasteiger partial charge in [-0.1, -0.05) is 33.2 Å². The number of hydrogen-bond donors (Lipinski definition) is 0. The van der Waals surface area contributed by atoms with Gasteiger partial charge >= 0.3 is 6.09 Å². The minimum atomic E-state index is -0.621. The molecule has 0 unspecified atom stereocenters. The van der Waals surface area contributed by atoms with Crippen LogP contribution in [0.25, 0.3) is 10.4 Å². The normalized spacial score (nSPS) is 21.2. The zero-order valence-corrected chi connectivity index (χ0v) is 20.2. The van der Waals surface area contributed by atoms with E-state index in [1.54, 1.807) is 11.1 Å². The number of benzene rings is 1. The van der Waals surface area contributed by atoms with Crippen LogP contribution in [0.4, 0.5) is 9.93 Å².